The maximum absolute atomic E-state index is 13.3. The molecule has 0 bridgehead atoms. The van der Waals surface area contributed by atoms with Crippen LogP contribution in [0.15, 0.2) is 36.5 Å². The van der Waals surface area contributed by atoms with Gasteiger partial charge in [0, 0.05) is 6.20 Å². The van der Waals surface area contributed by atoms with Gasteiger partial charge in [-0.3, -0.25) is 16.3 Å². The topological polar surface area (TPSA) is 50.9 Å². The fourth-order valence-electron chi connectivity index (χ4n) is 1.97. The van der Waals surface area contributed by atoms with E-state index in [4.69, 9.17) is 17.4 Å². The second-order valence-electron chi connectivity index (χ2n) is 4.36. The Hall–Kier alpha value is -1.49. The van der Waals surface area contributed by atoms with Crippen molar-refractivity contribution in [2.45, 2.75) is 19.4 Å². The maximum atomic E-state index is 13.3. The number of rotatable bonds is 4. The summed E-state index contributed by atoms with van der Waals surface area (Å²) in [7, 11) is 0. The fourth-order valence-corrected chi connectivity index (χ4v) is 2.22. The molecule has 100 valence electrons. The molecule has 0 aliphatic rings. The van der Waals surface area contributed by atoms with Crippen molar-refractivity contribution in [1.29, 1.82) is 0 Å². The van der Waals surface area contributed by atoms with Gasteiger partial charge in [-0.05, 0) is 48.7 Å². The van der Waals surface area contributed by atoms with Crippen LogP contribution in [0.2, 0.25) is 5.02 Å². The van der Waals surface area contributed by atoms with Gasteiger partial charge in [0.1, 0.15) is 5.82 Å². The fraction of sp³-hybridized carbons (Fsp3) is 0.214. The van der Waals surface area contributed by atoms with Gasteiger partial charge in [0.25, 0.3) is 0 Å². The molecule has 5 heteroatoms. The summed E-state index contributed by atoms with van der Waals surface area (Å²) in [4.78, 5) is 4.23. The van der Waals surface area contributed by atoms with E-state index in [1.54, 1.807) is 24.4 Å². The van der Waals surface area contributed by atoms with Crippen molar-refractivity contribution >= 4 is 11.6 Å². The van der Waals surface area contributed by atoms with Crippen LogP contribution in [-0.2, 0) is 6.42 Å². The number of hydrogen-bond acceptors (Lipinski definition) is 3. The lowest BCUT2D eigenvalue weighted by Crippen LogP contribution is -2.30. The molecule has 2 rings (SSSR count). The number of aromatic nitrogens is 1. The Morgan fingerprint density at radius 1 is 1.42 bits per heavy atom. The van der Waals surface area contributed by atoms with Crippen LogP contribution in [0.1, 0.15) is 22.9 Å². The lowest BCUT2D eigenvalue weighted by Gasteiger charge is -2.17. The zero-order valence-corrected chi connectivity index (χ0v) is 11.3. The van der Waals surface area contributed by atoms with E-state index in [-0.39, 0.29) is 11.9 Å². The molecule has 1 unspecified atom stereocenters. The average molecular weight is 280 g/mol. The molecule has 2 aromatic rings. The summed E-state index contributed by atoms with van der Waals surface area (Å²) in [5.74, 6) is 5.31. The van der Waals surface area contributed by atoms with E-state index in [0.717, 1.165) is 11.1 Å². The summed E-state index contributed by atoms with van der Waals surface area (Å²) in [6.45, 7) is 1.93. The first kappa shape index (κ1) is 13.9. The van der Waals surface area contributed by atoms with Crippen LogP contribution in [0.3, 0.4) is 0 Å². The highest BCUT2D eigenvalue weighted by molar-refractivity contribution is 6.31. The monoisotopic (exact) mass is 279 g/mol. The largest absolute Gasteiger partial charge is 0.271 e. The van der Waals surface area contributed by atoms with E-state index >= 15 is 0 Å². The van der Waals surface area contributed by atoms with Crippen LogP contribution >= 0.6 is 11.6 Å². The van der Waals surface area contributed by atoms with Crippen molar-refractivity contribution in [3.05, 3.63) is 64.2 Å². The number of aryl methyl sites for hydroxylation is 1. The van der Waals surface area contributed by atoms with Crippen LogP contribution in [0.5, 0.6) is 0 Å². The normalized spacial score (nSPS) is 12.4. The lowest BCUT2D eigenvalue weighted by molar-refractivity contribution is 0.534. The lowest BCUT2D eigenvalue weighted by atomic mass is 9.99. The van der Waals surface area contributed by atoms with Crippen molar-refractivity contribution in [3.63, 3.8) is 0 Å². The first-order valence-corrected chi connectivity index (χ1v) is 6.31. The van der Waals surface area contributed by atoms with Gasteiger partial charge >= 0.3 is 0 Å². The van der Waals surface area contributed by atoms with Gasteiger partial charge in [-0.15, -0.1) is 0 Å². The van der Waals surface area contributed by atoms with Gasteiger partial charge < -0.3 is 0 Å². The third-order valence-corrected chi connectivity index (χ3v) is 3.37. The number of hydrazine groups is 1. The second-order valence-corrected chi connectivity index (χ2v) is 4.77. The summed E-state index contributed by atoms with van der Waals surface area (Å²) >= 11 is 6.10. The molecular formula is C14H15ClFN3. The number of benzene rings is 1. The minimum Gasteiger partial charge on any atom is -0.271 e. The van der Waals surface area contributed by atoms with Crippen LogP contribution < -0.4 is 11.3 Å². The number of pyridine rings is 1. The predicted octanol–water partition coefficient (Wildman–Crippen LogP) is 2.93. The third kappa shape index (κ3) is 3.29. The Balaban J connectivity index is 2.29. The number of hydrogen-bond donors (Lipinski definition) is 2. The van der Waals surface area contributed by atoms with Crippen LogP contribution in [-0.4, -0.2) is 4.98 Å². The predicted molar refractivity (Wildman–Crippen MR) is 74.2 cm³/mol. The zero-order valence-electron chi connectivity index (χ0n) is 10.5. The second kappa shape index (κ2) is 6.10. The number of halogens is 2. The van der Waals surface area contributed by atoms with Gasteiger partial charge in [-0.2, -0.15) is 0 Å². The SMILES string of the molecule is Cc1ccc(F)cc1CC(NN)c1ncccc1Cl. The minimum atomic E-state index is -0.261. The average Bonchev–Trinajstić information content (AvgIpc) is 2.41. The van der Waals surface area contributed by atoms with Crippen molar-refractivity contribution < 1.29 is 4.39 Å². The molecule has 1 atom stereocenters. The molecule has 0 spiro atoms. The minimum absolute atomic E-state index is 0.255. The van der Waals surface area contributed by atoms with E-state index in [2.05, 4.69) is 10.4 Å². The molecule has 0 radical (unpaired) electrons. The summed E-state index contributed by atoms with van der Waals surface area (Å²) in [5.41, 5.74) is 5.23. The van der Waals surface area contributed by atoms with Crippen LogP contribution in [0, 0.1) is 12.7 Å². The Morgan fingerprint density at radius 2 is 2.21 bits per heavy atom. The Kier molecular flexibility index (Phi) is 4.47. The molecule has 1 aromatic carbocycles. The standard InChI is InChI=1S/C14H15ClFN3/c1-9-4-5-11(16)7-10(9)8-13(19-17)14-12(15)3-2-6-18-14/h2-7,13,19H,8,17H2,1H3. The molecule has 19 heavy (non-hydrogen) atoms. The van der Waals surface area contributed by atoms with E-state index < -0.39 is 0 Å². The molecule has 0 fully saturated rings. The van der Waals surface area contributed by atoms with Crippen LogP contribution in [0.4, 0.5) is 4.39 Å². The van der Waals surface area contributed by atoms with Gasteiger partial charge in [0.2, 0.25) is 0 Å². The molecule has 3 nitrogen and oxygen atoms in total. The highest BCUT2D eigenvalue weighted by atomic mass is 35.5. The van der Waals surface area contributed by atoms with E-state index in [1.807, 2.05) is 6.92 Å². The molecule has 0 aliphatic carbocycles. The molecule has 0 aliphatic heterocycles. The maximum Gasteiger partial charge on any atom is 0.123 e. The summed E-state index contributed by atoms with van der Waals surface area (Å²) in [6, 6.07) is 7.96. The van der Waals surface area contributed by atoms with Crippen molar-refractivity contribution in [2.75, 3.05) is 0 Å². The van der Waals surface area contributed by atoms with Crippen LogP contribution in [0.25, 0.3) is 0 Å². The van der Waals surface area contributed by atoms with E-state index in [1.165, 1.54) is 12.1 Å². The smallest absolute Gasteiger partial charge is 0.123 e. The van der Waals surface area contributed by atoms with Crippen molar-refractivity contribution in [1.82, 2.24) is 10.4 Å². The molecule has 1 heterocycles. The van der Waals surface area contributed by atoms with Gasteiger partial charge in [-0.1, -0.05) is 17.7 Å². The first-order chi connectivity index (χ1) is 9.11. The van der Waals surface area contributed by atoms with E-state index in [9.17, 15) is 4.39 Å². The Morgan fingerprint density at radius 3 is 2.89 bits per heavy atom. The summed E-state index contributed by atoms with van der Waals surface area (Å²) in [5, 5.41) is 0.541. The summed E-state index contributed by atoms with van der Waals surface area (Å²) < 4.78 is 13.3. The third-order valence-electron chi connectivity index (χ3n) is 3.05. The number of nitrogens with zero attached hydrogens (tertiary/aromatic N) is 1. The molecule has 0 saturated heterocycles. The van der Waals surface area contributed by atoms with Crippen molar-refractivity contribution in [2.24, 2.45) is 5.84 Å². The van der Waals surface area contributed by atoms with Gasteiger partial charge in [0.15, 0.2) is 0 Å². The van der Waals surface area contributed by atoms with Gasteiger partial charge in [0.05, 0.1) is 16.8 Å². The Bertz CT molecular complexity index is 574. The highest BCUT2D eigenvalue weighted by Crippen LogP contribution is 2.24. The Labute approximate surface area is 116 Å². The van der Waals surface area contributed by atoms with Gasteiger partial charge in [-0.25, -0.2) is 4.39 Å². The molecular weight excluding hydrogens is 265 g/mol. The number of nitrogens with one attached hydrogen (secondary N) is 1. The van der Waals surface area contributed by atoms with E-state index in [0.29, 0.717) is 17.1 Å². The zero-order chi connectivity index (χ0) is 13.8. The molecule has 0 saturated carbocycles. The summed E-state index contributed by atoms with van der Waals surface area (Å²) in [6.07, 6.45) is 2.18. The number of nitrogens with two attached hydrogens (primary N) is 1. The quantitative estimate of drug-likeness (QED) is 0.668. The van der Waals surface area contributed by atoms with Crippen molar-refractivity contribution in [3.8, 4) is 0 Å². The highest BCUT2D eigenvalue weighted by Gasteiger charge is 2.16. The first-order valence-electron chi connectivity index (χ1n) is 5.93. The molecule has 0 amide bonds. The molecule has 3 N–H and O–H groups in total. The molecule has 1 aromatic heterocycles.